The van der Waals surface area contributed by atoms with Gasteiger partial charge in [0.05, 0.1) is 6.20 Å². The molecule has 4 nitrogen and oxygen atoms in total. The fraction of sp³-hybridized carbons (Fsp3) is 0. The predicted octanol–water partition coefficient (Wildman–Crippen LogP) is 0.364. The van der Waals surface area contributed by atoms with Crippen LogP contribution in [-0.2, 0) is 0 Å². The average Bonchev–Trinajstić information content (AvgIpc) is 2.49. The molecule has 0 fully saturated rings. The fourth-order valence-corrected chi connectivity index (χ4v) is 1.04. The molecule has 0 bridgehead atoms. The van der Waals surface area contributed by atoms with Gasteiger partial charge in [0.25, 0.3) is 0 Å². The van der Waals surface area contributed by atoms with E-state index in [4.69, 9.17) is 18.0 Å². The molecular formula is C7H6N4S. The molecule has 0 atom stereocenters. The number of rotatable bonds is 1. The van der Waals surface area contributed by atoms with Crippen LogP contribution in [0.2, 0.25) is 0 Å². The van der Waals surface area contributed by atoms with Crippen molar-refractivity contribution in [1.82, 2.24) is 14.6 Å². The lowest BCUT2D eigenvalue weighted by Crippen LogP contribution is -2.11. The minimum atomic E-state index is 0.333. The summed E-state index contributed by atoms with van der Waals surface area (Å²) in [4.78, 5) is 4.43. The van der Waals surface area contributed by atoms with Gasteiger partial charge in [-0.15, -0.1) is 0 Å². The Kier molecular flexibility index (Phi) is 1.51. The van der Waals surface area contributed by atoms with Gasteiger partial charge in [-0.25, -0.2) is 9.50 Å². The first-order valence-corrected chi connectivity index (χ1v) is 3.77. The summed E-state index contributed by atoms with van der Waals surface area (Å²) in [5.41, 5.74) is 6.93. The van der Waals surface area contributed by atoms with E-state index in [9.17, 15) is 0 Å². The molecule has 0 aromatic carbocycles. The summed E-state index contributed by atoms with van der Waals surface area (Å²) >= 11 is 4.80. The molecule has 0 aliphatic carbocycles. The number of fused-ring (bicyclic) bond motifs is 1. The minimum Gasteiger partial charge on any atom is -0.389 e. The Hall–Kier alpha value is -1.49. The van der Waals surface area contributed by atoms with Gasteiger partial charge in [-0.3, -0.25) is 0 Å². The second-order valence-electron chi connectivity index (χ2n) is 2.34. The van der Waals surface area contributed by atoms with Crippen molar-refractivity contribution < 1.29 is 0 Å². The smallest absolute Gasteiger partial charge is 0.154 e. The molecule has 0 aliphatic heterocycles. The summed E-state index contributed by atoms with van der Waals surface area (Å²) in [7, 11) is 0. The van der Waals surface area contributed by atoms with Crippen LogP contribution in [0.4, 0.5) is 0 Å². The molecule has 0 spiro atoms. The Labute approximate surface area is 74.0 Å². The zero-order chi connectivity index (χ0) is 8.55. The van der Waals surface area contributed by atoms with Crippen LogP contribution >= 0.6 is 12.2 Å². The maximum atomic E-state index is 5.42. The molecule has 12 heavy (non-hydrogen) atoms. The zero-order valence-electron chi connectivity index (χ0n) is 6.14. The van der Waals surface area contributed by atoms with Crippen LogP contribution in [0.5, 0.6) is 0 Å². The number of hydrogen-bond acceptors (Lipinski definition) is 3. The largest absolute Gasteiger partial charge is 0.389 e. The van der Waals surface area contributed by atoms with Crippen molar-refractivity contribution in [2.45, 2.75) is 0 Å². The van der Waals surface area contributed by atoms with E-state index in [0.717, 1.165) is 11.2 Å². The first kappa shape index (κ1) is 7.17. The number of hydrogen-bond donors (Lipinski definition) is 1. The molecule has 0 radical (unpaired) electrons. The third kappa shape index (κ3) is 1.04. The van der Waals surface area contributed by atoms with Crippen molar-refractivity contribution in [3.8, 4) is 0 Å². The highest BCUT2D eigenvalue weighted by Gasteiger charge is 1.98. The van der Waals surface area contributed by atoms with E-state index in [1.807, 2.05) is 6.07 Å². The van der Waals surface area contributed by atoms with E-state index in [2.05, 4.69) is 10.1 Å². The normalized spacial score (nSPS) is 10.3. The van der Waals surface area contributed by atoms with Crippen molar-refractivity contribution in [3.63, 3.8) is 0 Å². The van der Waals surface area contributed by atoms with E-state index in [-0.39, 0.29) is 0 Å². The molecule has 0 saturated carbocycles. The van der Waals surface area contributed by atoms with Crippen molar-refractivity contribution in [2.24, 2.45) is 5.73 Å². The maximum Gasteiger partial charge on any atom is 0.154 e. The lowest BCUT2D eigenvalue weighted by Gasteiger charge is -1.97. The fourth-order valence-electron chi connectivity index (χ4n) is 0.937. The topological polar surface area (TPSA) is 56.2 Å². The Balaban J connectivity index is 2.68. The van der Waals surface area contributed by atoms with Crippen molar-refractivity contribution >= 4 is 22.9 Å². The molecular weight excluding hydrogens is 172 g/mol. The molecule has 0 aliphatic rings. The van der Waals surface area contributed by atoms with Gasteiger partial charge in [-0.1, -0.05) is 12.2 Å². The summed E-state index contributed by atoms with van der Waals surface area (Å²) < 4.78 is 1.63. The van der Waals surface area contributed by atoms with E-state index in [1.165, 1.54) is 0 Å². The van der Waals surface area contributed by atoms with Gasteiger partial charge in [0.2, 0.25) is 0 Å². The molecule has 0 saturated heterocycles. The number of nitrogens with two attached hydrogens (primary N) is 1. The average molecular weight is 178 g/mol. The van der Waals surface area contributed by atoms with Gasteiger partial charge in [0.15, 0.2) is 5.65 Å². The molecule has 2 heterocycles. The summed E-state index contributed by atoms with van der Waals surface area (Å²) in [6, 6.07) is 1.81. The van der Waals surface area contributed by atoms with Crippen LogP contribution in [0, 0.1) is 0 Å². The molecule has 2 aromatic heterocycles. The van der Waals surface area contributed by atoms with Gasteiger partial charge in [-0.2, -0.15) is 5.10 Å². The summed E-state index contributed by atoms with van der Waals surface area (Å²) in [5, 5.41) is 4.00. The highest BCUT2D eigenvalue weighted by Crippen LogP contribution is 2.00. The zero-order valence-corrected chi connectivity index (χ0v) is 6.95. The second kappa shape index (κ2) is 2.53. The highest BCUT2D eigenvalue weighted by molar-refractivity contribution is 7.80. The SMILES string of the molecule is NC(=S)c1cnc2ccnn2c1. The molecule has 2 N–H and O–H groups in total. The predicted molar refractivity (Wildman–Crippen MR) is 48.9 cm³/mol. The minimum absolute atomic E-state index is 0.333. The van der Waals surface area contributed by atoms with Gasteiger partial charge >= 0.3 is 0 Å². The molecule has 60 valence electrons. The Morgan fingerprint density at radius 1 is 1.58 bits per heavy atom. The van der Waals surface area contributed by atoms with E-state index >= 15 is 0 Å². The standard InChI is InChI=1S/C7H6N4S/c8-7(12)5-3-9-6-1-2-10-11(6)4-5/h1-4H,(H2,8,12). The molecule has 0 amide bonds. The lowest BCUT2D eigenvalue weighted by molar-refractivity contribution is 0.936. The van der Waals surface area contributed by atoms with Crippen LogP contribution in [0.25, 0.3) is 5.65 Å². The molecule has 5 heteroatoms. The van der Waals surface area contributed by atoms with Gasteiger partial charge in [0, 0.05) is 24.0 Å². The van der Waals surface area contributed by atoms with Crippen molar-refractivity contribution in [1.29, 1.82) is 0 Å². The van der Waals surface area contributed by atoms with Crippen LogP contribution in [0.3, 0.4) is 0 Å². The number of thiocarbonyl (C=S) groups is 1. The summed E-state index contributed by atoms with van der Waals surface area (Å²) in [5.74, 6) is 0. The van der Waals surface area contributed by atoms with Crippen molar-refractivity contribution in [2.75, 3.05) is 0 Å². The van der Waals surface area contributed by atoms with E-state index in [0.29, 0.717) is 4.99 Å². The molecule has 0 unspecified atom stereocenters. The third-order valence-corrected chi connectivity index (χ3v) is 1.77. The summed E-state index contributed by atoms with van der Waals surface area (Å²) in [6.07, 6.45) is 5.07. The highest BCUT2D eigenvalue weighted by atomic mass is 32.1. The van der Waals surface area contributed by atoms with Crippen molar-refractivity contribution in [3.05, 3.63) is 30.2 Å². The number of nitrogens with zero attached hydrogens (tertiary/aromatic N) is 3. The lowest BCUT2D eigenvalue weighted by atomic mass is 10.3. The Bertz CT molecular complexity index is 434. The molecule has 2 rings (SSSR count). The van der Waals surface area contributed by atoms with Crippen LogP contribution < -0.4 is 5.73 Å². The summed E-state index contributed by atoms with van der Waals surface area (Å²) in [6.45, 7) is 0. The van der Waals surface area contributed by atoms with Gasteiger partial charge in [-0.05, 0) is 0 Å². The Morgan fingerprint density at radius 3 is 3.17 bits per heavy atom. The van der Waals surface area contributed by atoms with E-state index < -0.39 is 0 Å². The van der Waals surface area contributed by atoms with E-state index in [1.54, 1.807) is 23.1 Å². The quantitative estimate of drug-likeness (QED) is 0.641. The number of aromatic nitrogens is 3. The van der Waals surface area contributed by atoms with Crippen LogP contribution in [-0.4, -0.2) is 19.6 Å². The first-order chi connectivity index (χ1) is 5.77. The third-order valence-electron chi connectivity index (χ3n) is 1.53. The van der Waals surface area contributed by atoms with Gasteiger partial charge in [0.1, 0.15) is 4.99 Å². The van der Waals surface area contributed by atoms with Crippen LogP contribution in [0.1, 0.15) is 5.56 Å². The molecule has 2 aromatic rings. The van der Waals surface area contributed by atoms with Crippen LogP contribution in [0.15, 0.2) is 24.7 Å². The first-order valence-electron chi connectivity index (χ1n) is 3.36. The Morgan fingerprint density at radius 2 is 2.42 bits per heavy atom. The monoisotopic (exact) mass is 178 g/mol. The second-order valence-corrected chi connectivity index (χ2v) is 2.78. The maximum absolute atomic E-state index is 5.42. The van der Waals surface area contributed by atoms with Gasteiger partial charge < -0.3 is 5.73 Å².